The molecule has 0 saturated heterocycles. The Kier molecular flexibility index (Phi) is 13.3. The van der Waals surface area contributed by atoms with Gasteiger partial charge in [-0.1, -0.05) is 166 Å². The molecule has 0 atom stereocenters. The third-order valence-electron chi connectivity index (χ3n) is 13.7. The first-order valence-electron chi connectivity index (χ1n) is 24.6. The van der Waals surface area contributed by atoms with Crippen molar-refractivity contribution in [3.05, 3.63) is 198 Å². The summed E-state index contributed by atoms with van der Waals surface area (Å²) in [5, 5.41) is 6.01. The van der Waals surface area contributed by atoms with E-state index in [1.807, 2.05) is 42.7 Å². The van der Waals surface area contributed by atoms with Crippen LogP contribution in [0.1, 0.15) is 61.9 Å². The van der Waals surface area contributed by atoms with E-state index in [4.69, 9.17) is 14.4 Å². The van der Waals surface area contributed by atoms with Gasteiger partial charge in [-0.25, -0.2) is 4.98 Å². The second-order valence-electron chi connectivity index (χ2n) is 20.4. The van der Waals surface area contributed by atoms with Crippen LogP contribution < -0.4 is 5.19 Å². The zero-order valence-corrected chi connectivity index (χ0v) is 46.4. The maximum absolute atomic E-state index is 6.08. The zero-order valence-electron chi connectivity index (χ0n) is 42.2. The minimum Gasteiger partial charge on any atom is -0.486 e. The number of furan rings is 1. The van der Waals surface area contributed by atoms with Crippen LogP contribution in [0, 0.1) is 26.0 Å². The largest absolute Gasteiger partial charge is 0.486 e. The van der Waals surface area contributed by atoms with E-state index in [1.165, 1.54) is 70.0 Å². The average Bonchev–Trinajstić information content (AvgIpc) is 4.07. The van der Waals surface area contributed by atoms with E-state index in [9.17, 15) is 0 Å². The molecule has 5 aromatic heterocycles. The Bertz CT molecular complexity index is 3930. The number of aromatic nitrogens is 4. The maximum atomic E-state index is 6.08. The average molecular weight is 1150 g/mol. The smallest absolute Gasteiger partial charge is 0.216 e. The van der Waals surface area contributed by atoms with Gasteiger partial charge in [0.1, 0.15) is 0 Å². The zero-order chi connectivity index (χ0) is 49.1. The molecule has 0 bridgehead atoms. The van der Waals surface area contributed by atoms with Gasteiger partial charge in [0, 0.05) is 47.8 Å². The summed E-state index contributed by atoms with van der Waals surface area (Å²) in [7, 11) is -1.39. The summed E-state index contributed by atoms with van der Waals surface area (Å²) in [5.41, 5.74) is 17.5. The van der Waals surface area contributed by atoms with E-state index in [2.05, 4.69) is 215 Å². The third-order valence-corrected chi connectivity index (χ3v) is 17.0. The van der Waals surface area contributed by atoms with E-state index in [0.717, 1.165) is 55.7 Å². The molecule has 7 aromatic carbocycles. The SMILES string of the molecule is CC(C)c1cc(-c2ccccc2)cc(C(C)C)c1-n1c(-c2[c-]ccc3c2sc2cc(-c4ccccc4)ccc23)nc2ccccc21.Cc1ccc2c(n1)oc1c(-c3cc(C)c([Si](C)(C)C)cn3)[c-]ccc12.[Ir]. The standard InChI is InChI=1S/C43H35N2S.C21H21N2OSi.Ir/c1-27(2)36-24-32(30-16-9-6-10-17-30)25-37(28(3)4)41(36)45-39-21-12-11-20-38(39)44-43(45)35-19-13-18-34-33-23-22-31(26-40(33)46-42(34)35)29-14-7-5-8-15-29;1-13-11-18(22-12-19(13)25(3,4)5)17-8-6-7-15-16-10-9-14(2)23-21(16)24-20(15)17;/h5-18,20-28H,1-4H3;6-7,9-12H,1-5H3;/q2*-1;. The summed E-state index contributed by atoms with van der Waals surface area (Å²) < 4.78 is 11.0. The molecule has 0 fully saturated rings. The van der Waals surface area contributed by atoms with Crippen molar-refractivity contribution in [3.8, 4) is 50.6 Å². The molecular weight excluding hydrogens is 1090 g/mol. The molecule has 0 aliphatic carbocycles. The second kappa shape index (κ2) is 19.7. The van der Waals surface area contributed by atoms with Crippen LogP contribution in [0.2, 0.25) is 19.6 Å². The number of pyridine rings is 2. The van der Waals surface area contributed by atoms with Crippen molar-refractivity contribution in [2.24, 2.45) is 0 Å². The summed E-state index contributed by atoms with van der Waals surface area (Å²) in [6.45, 7) is 20.4. The number of nitrogens with zero attached hydrogens (tertiary/aromatic N) is 4. The van der Waals surface area contributed by atoms with Crippen LogP contribution >= 0.6 is 11.3 Å². The first kappa shape index (κ1) is 48.8. The van der Waals surface area contributed by atoms with E-state index in [-0.39, 0.29) is 20.1 Å². The van der Waals surface area contributed by atoms with Gasteiger partial charge in [0.05, 0.1) is 30.5 Å². The Balaban J connectivity index is 0.000000194. The molecule has 0 amide bonds. The van der Waals surface area contributed by atoms with Crippen LogP contribution in [0.15, 0.2) is 168 Å². The Morgan fingerprint density at radius 3 is 1.89 bits per heavy atom. The van der Waals surface area contributed by atoms with Crippen LogP contribution in [0.5, 0.6) is 0 Å². The van der Waals surface area contributed by atoms with Gasteiger partial charge in [0.25, 0.3) is 0 Å². The van der Waals surface area contributed by atoms with Gasteiger partial charge in [-0.05, 0) is 122 Å². The normalized spacial score (nSPS) is 11.8. The number of aryl methyl sites for hydroxylation is 2. The predicted octanol–water partition coefficient (Wildman–Crippen LogP) is 17.4. The van der Waals surface area contributed by atoms with Crippen molar-refractivity contribution in [1.29, 1.82) is 0 Å². The number of imidazole rings is 1. The molecule has 0 N–H and O–H groups in total. The summed E-state index contributed by atoms with van der Waals surface area (Å²) in [4.78, 5) is 14.6. The Hall–Kier alpha value is -6.80. The van der Waals surface area contributed by atoms with Crippen LogP contribution in [-0.4, -0.2) is 27.6 Å². The second-order valence-corrected chi connectivity index (χ2v) is 26.4. The van der Waals surface area contributed by atoms with Crippen molar-refractivity contribution in [2.45, 2.75) is 73.0 Å². The molecule has 0 aliphatic heterocycles. The Labute approximate surface area is 441 Å². The van der Waals surface area contributed by atoms with Gasteiger partial charge in [-0.15, -0.1) is 36.4 Å². The molecule has 0 unspecified atom stereocenters. The first-order chi connectivity index (χ1) is 34.3. The number of fused-ring (bicyclic) bond motifs is 7. The number of rotatable bonds is 8. The van der Waals surface area contributed by atoms with Gasteiger partial charge in [-0.2, -0.15) is 11.3 Å². The summed E-state index contributed by atoms with van der Waals surface area (Å²) in [6.07, 6.45) is 2.04. The molecule has 72 heavy (non-hydrogen) atoms. The minimum absolute atomic E-state index is 0. The third kappa shape index (κ3) is 8.96. The van der Waals surface area contributed by atoms with Crippen molar-refractivity contribution < 1.29 is 24.5 Å². The molecule has 12 rings (SSSR count). The van der Waals surface area contributed by atoms with Crippen molar-refractivity contribution in [3.63, 3.8) is 0 Å². The molecule has 5 heterocycles. The molecule has 1 radical (unpaired) electrons. The predicted molar refractivity (Wildman–Crippen MR) is 303 cm³/mol. The fourth-order valence-electron chi connectivity index (χ4n) is 10.1. The van der Waals surface area contributed by atoms with Crippen molar-refractivity contribution in [1.82, 2.24) is 19.5 Å². The first-order valence-corrected chi connectivity index (χ1v) is 29.0. The number of hydrogen-bond acceptors (Lipinski definition) is 5. The summed E-state index contributed by atoms with van der Waals surface area (Å²) in [6, 6.07) is 63.1. The van der Waals surface area contributed by atoms with Gasteiger partial charge < -0.3 is 14.0 Å². The number of para-hydroxylation sites is 2. The van der Waals surface area contributed by atoms with E-state index >= 15 is 0 Å². The van der Waals surface area contributed by atoms with E-state index < -0.39 is 8.07 Å². The minimum atomic E-state index is -1.39. The topological polar surface area (TPSA) is 56.7 Å². The fourth-order valence-corrected chi connectivity index (χ4v) is 13.1. The van der Waals surface area contributed by atoms with E-state index in [0.29, 0.717) is 17.5 Å². The van der Waals surface area contributed by atoms with Crippen LogP contribution in [0.4, 0.5) is 0 Å². The maximum Gasteiger partial charge on any atom is 0.216 e. The number of hydrogen-bond donors (Lipinski definition) is 0. The molecule has 0 aliphatic rings. The monoisotopic (exact) mass is 1150 g/mol. The van der Waals surface area contributed by atoms with E-state index in [1.54, 1.807) is 0 Å². The van der Waals surface area contributed by atoms with Crippen LogP contribution in [0.25, 0.3) is 104 Å². The fraction of sp³-hybridized carbons (Fsp3) is 0.172. The quantitative estimate of drug-likeness (QED) is 0.112. The number of thiophene rings is 1. The van der Waals surface area contributed by atoms with Gasteiger partial charge >= 0.3 is 0 Å². The Morgan fingerprint density at radius 1 is 0.597 bits per heavy atom. The molecule has 8 heteroatoms. The van der Waals surface area contributed by atoms with Gasteiger partial charge in [0.15, 0.2) is 0 Å². The molecule has 12 aromatic rings. The molecular formula is C64H56IrN4OSSi-2. The Morgan fingerprint density at radius 2 is 1.22 bits per heavy atom. The summed E-state index contributed by atoms with van der Waals surface area (Å²) in [5.74, 6) is 1.56. The molecule has 359 valence electrons. The molecule has 5 nitrogen and oxygen atoms in total. The summed E-state index contributed by atoms with van der Waals surface area (Å²) >= 11 is 1.84. The van der Waals surface area contributed by atoms with Gasteiger partial charge in [-0.3, -0.25) is 4.98 Å². The molecule has 0 saturated carbocycles. The van der Waals surface area contributed by atoms with Crippen LogP contribution in [-0.2, 0) is 20.1 Å². The van der Waals surface area contributed by atoms with Gasteiger partial charge in [0.2, 0.25) is 5.71 Å². The number of benzene rings is 7. The van der Waals surface area contributed by atoms with Crippen molar-refractivity contribution in [2.75, 3.05) is 0 Å². The van der Waals surface area contributed by atoms with Crippen molar-refractivity contribution >= 4 is 77.9 Å². The van der Waals surface area contributed by atoms with Crippen LogP contribution in [0.3, 0.4) is 0 Å². The molecule has 0 spiro atoms.